The van der Waals surface area contributed by atoms with Gasteiger partial charge in [0.15, 0.2) is 0 Å². The van der Waals surface area contributed by atoms with Crippen LogP contribution in [0.25, 0.3) is 5.57 Å². The molecule has 1 heterocycles. The van der Waals surface area contributed by atoms with Crippen LogP contribution in [0.1, 0.15) is 36.1 Å². The molecule has 0 atom stereocenters. The number of benzene rings is 3. The Morgan fingerprint density at radius 3 is 2.40 bits per heavy atom. The van der Waals surface area contributed by atoms with Crippen molar-refractivity contribution in [2.45, 2.75) is 32.2 Å². The number of alkyl halides is 3. The molecule has 0 radical (unpaired) electrons. The lowest BCUT2D eigenvalue weighted by atomic mass is 9.89. The van der Waals surface area contributed by atoms with Crippen molar-refractivity contribution >= 4 is 5.57 Å². The van der Waals surface area contributed by atoms with Crippen molar-refractivity contribution in [1.82, 2.24) is 0 Å². The zero-order valence-electron chi connectivity index (χ0n) is 16.7. The first kappa shape index (κ1) is 20.1. The Labute approximate surface area is 173 Å². The summed E-state index contributed by atoms with van der Waals surface area (Å²) in [6.45, 7) is 4.17. The van der Waals surface area contributed by atoms with Gasteiger partial charge in [-0.3, -0.25) is 0 Å². The summed E-state index contributed by atoms with van der Waals surface area (Å²) in [5, 5.41) is 0. The van der Waals surface area contributed by atoms with Gasteiger partial charge in [-0.25, -0.2) is 0 Å². The minimum Gasteiger partial charge on any atom is -0.489 e. The average molecular weight is 410 g/mol. The number of hydrogen-bond donors (Lipinski definition) is 0. The third-order valence-electron chi connectivity index (χ3n) is 4.86. The van der Waals surface area contributed by atoms with E-state index in [1.54, 1.807) is 12.1 Å². The van der Waals surface area contributed by atoms with E-state index < -0.39 is 17.3 Å². The predicted octanol–water partition coefficient (Wildman–Crippen LogP) is 6.89. The standard InChI is InChI=1S/C25H21F3O2/c1-24(2)15-22(18-9-6-10-19(13-18)25(26,27)28)21-12-11-20(14-23(21)30-24)29-16-17-7-4-3-5-8-17/h3-15H,16H2,1-2H3. The summed E-state index contributed by atoms with van der Waals surface area (Å²) in [4.78, 5) is 0. The SMILES string of the molecule is CC1(C)C=C(c2cccc(C(F)(F)F)c2)c2ccc(OCc3ccccc3)cc2O1. The Bertz CT molecular complexity index is 1080. The maximum absolute atomic E-state index is 13.2. The molecule has 5 heteroatoms. The monoisotopic (exact) mass is 410 g/mol. The van der Waals surface area contributed by atoms with Gasteiger partial charge in [0.1, 0.15) is 23.7 Å². The molecule has 1 aliphatic heterocycles. The van der Waals surface area contributed by atoms with Crippen molar-refractivity contribution in [2.24, 2.45) is 0 Å². The Morgan fingerprint density at radius 1 is 0.900 bits per heavy atom. The highest BCUT2D eigenvalue weighted by Crippen LogP contribution is 2.42. The summed E-state index contributed by atoms with van der Waals surface area (Å²) >= 11 is 0. The van der Waals surface area contributed by atoms with Gasteiger partial charge < -0.3 is 9.47 Å². The van der Waals surface area contributed by atoms with Crippen LogP contribution < -0.4 is 9.47 Å². The quantitative estimate of drug-likeness (QED) is 0.466. The molecule has 0 unspecified atom stereocenters. The largest absolute Gasteiger partial charge is 0.489 e. The molecule has 1 aliphatic rings. The van der Waals surface area contributed by atoms with E-state index in [0.717, 1.165) is 17.2 Å². The normalized spacial score (nSPS) is 15.0. The first-order chi connectivity index (χ1) is 14.2. The van der Waals surface area contributed by atoms with E-state index >= 15 is 0 Å². The van der Waals surface area contributed by atoms with Crippen molar-refractivity contribution in [1.29, 1.82) is 0 Å². The van der Waals surface area contributed by atoms with Gasteiger partial charge in [-0.2, -0.15) is 13.2 Å². The molecule has 0 spiro atoms. The molecule has 30 heavy (non-hydrogen) atoms. The fraction of sp³-hybridized carbons (Fsp3) is 0.200. The highest BCUT2D eigenvalue weighted by molar-refractivity contribution is 5.85. The maximum Gasteiger partial charge on any atom is 0.416 e. The molecule has 0 aliphatic carbocycles. The first-order valence-electron chi connectivity index (χ1n) is 9.62. The zero-order chi connectivity index (χ0) is 21.4. The summed E-state index contributed by atoms with van der Waals surface area (Å²) in [6, 6.07) is 20.6. The Kier molecular flexibility index (Phi) is 5.06. The second kappa shape index (κ2) is 7.56. The Hall–Kier alpha value is -3.21. The molecular weight excluding hydrogens is 389 g/mol. The molecule has 3 aromatic carbocycles. The van der Waals surface area contributed by atoms with Gasteiger partial charge in [0.2, 0.25) is 0 Å². The van der Waals surface area contributed by atoms with Crippen LogP contribution in [0.15, 0.2) is 78.9 Å². The van der Waals surface area contributed by atoms with E-state index in [1.165, 1.54) is 12.1 Å². The van der Waals surface area contributed by atoms with Crippen LogP contribution >= 0.6 is 0 Å². The minimum atomic E-state index is -4.39. The van der Waals surface area contributed by atoms with E-state index in [1.807, 2.05) is 62.4 Å². The molecule has 0 saturated carbocycles. The van der Waals surface area contributed by atoms with E-state index in [-0.39, 0.29) is 0 Å². The molecule has 0 saturated heterocycles. The highest BCUT2D eigenvalue weighted by Gasteiger charge is 2.32. The van der Waals surface area contributed by atoms with Crippen molar-refractivity contribution in [3.63, 3.8) is 0 Å². The van der Waals surface area contributed by atoms with Crippen LogP contribution in [0.3, 0.4) is 0 Å². The van der Waals surface area contributed by atoms with Crippen LogP contribution in [0.4, 0.5) is 13.2 Å². The summed E-state index contributed by atoms with van der Waals surface area (Å²) < 4.78 is 51.6. The van der Waals surface area contributed by atoms with Gasteiger partial charge in [-0.1, -0.05) is 42.5 Å². The van der Waals surface area contributed by atoms with Gasteiger partial charge in [0.25, 0.3) is 0 Å². The summed E-state index contributed by atoms with van der Waals surface area (Å²) in [7, 11) is 0. The van der Waals surface area contributed by atoms with E-state index in [0.29, 0.717) is 29.2 Å². The lowest BCUT2D eigenvalue weighted by Crippen LogP contribution is -2.29. The van der Waals surface area contributed by atoms with E-state index in [2.05, 4.69) is 0 Å². The van der Waals surface area contributed by atoms with Crippen molar-refractivity contribution in [2.75, 3.05) is 0 Å². The lowest BCUT2D eigenvalue weighted by Gasteiger charge is -2.31. The van der Waals surface area contributed by atoms with E-state index in [4.69, 9.17) is 9.47 Å². The van der Waals surface area contributed by atoms with Crippen molar-refractivity contribution in [3.8, 4) is 11.5 Å². The molecule has 0 bridgehead atoms. The van der Waals surface area contributed by atoms with Crippen LogP contribution in [-0.2, 0) is 12.8 Å². The molecule has 2 nitrogen and oxygen atoms in total. The Balaban J connectivity index is 1.67. The lowest BCUT2D eigenvalue weighted by molar-refractivity contribution is -0.137. The molecule has 154 valence electrons. The van der Waals surface area contributed by atoms with Gasteiger partial charge in [-0.05, 0) is 60.9 Å². The minimum absolute atomic E-state index is 0.416. The molecule has 0 fully saturated rings. The summed E-state index contributed by atoms with van der Waals surface area (Å²) in [5.74, 6) is 1.22. The molecule has 0 N–H and O–H groups in total. The van der Waals surface area contributed by atoms with Gasteiger partial charge in [-0.15, -0.1) is 0 Å². The van der Waals surface area contributed by atoms with Gasteiger partial charge >= 0.3 is 6.18 Å². The smallest absolute Gasteiger partial charge is 0.416 e. The van der Waals surface area contributed by atoms with Gasteiger partial charge in [0.05, 0.1) is 5.56 Å². The van der Waals surface area contributed by atoms with Crippen LogP contribution in [0.2, 0.25) is 0 Å². The average Bonchev–Trinajstić information content (AvgIpc) is 2.71. The third-order valence-corrected chi connectivity index (χ3v) is 4.86. The summed E-state index contributed by atoms with van der Waals surface area (Å²) in [6.07, 6.45) is -2.54. The number of hydrogen-bond acceptors (Lipinski definition) is 2. The molecule has 0 aromatic heterocycles. The van der Waals surface area contributed by atoms with Gasteiger partial charge in [0, 0.05) is 11.6 Å². The molecular formula is C25H21F3O2. The maximum atomic E-state index is 13.2. The number of rotatable bonds is 4. The number of halogens is 3. The second-order valence-electron chi connectivity index (χ2n) is 7.77. The van der Waals surface area contributed by atoms with Crippen LogP contribution in [0.5, 0.6) is 11.5 Å². The number of ether oxygens (including phenoxy) is 2. The highest BCUT2D eigenvalue weighted by atomic mass is 19.4. The zero-order valence-corrected chi connectivity index (χ0v) is 16.7. The molecule has 0 amide bonds. The third kappa shape index (κ3) is 4.35. The molecule has 4 rings (SSSR count). The fourth-order valence-corrected chi connectivity index (χ4v) is 3.48. The predicted molar refractivity (Wildman–Crippen MR) is 110 cm³/mol. The van der Waals surface area contributed by atoms with E-state index in [9.17, 15) is 13.2 Å². The summed E-state index contributed by atoms with van der Waals surface area (Å²) in [5.41, 5.74) is 1.65. The topological polar surface area (TPSA) is 18.5 Å². The number of fused-ring (bicyclic) bond motifs is 1. The Morgan fingerprint density at radius 2 is 1.67 bits per heavy atom. The van der Waals surface area contributed by atoms with Crippen molar-refractivity contribution < 1.29 is 22.6 Å². The van der Waals surface area contributed by atoms with Crippen LogP contribution in [-0.4, -0.2) is 5.60 Å². The molecule has 3 aromatic rings. The first-order valence-corrected chi connectivity index (χ1v) is 9.62. The fourth-order valence-electron chi connectivity index (χ4n) is 3.48. The van der Waals surface area contributed by atoms with Crippen molar-refractivity contribution in [3.05, 3.63) is 101 Å². The van der Waals surface area contributed by atoms with Crippen LogP contribution in [0, 0.1) is 0 Å². The second-order valence-corrected chi connectivity index (χ2v) is 7.77.